The third-order valence-electron chi connectivity index (χ3n) is 2.34. The highest BCUT2D eigenvalue weighted by Gasteiger charge is 2.27. The van der Waals surface area contributed by atoms with E-state index in [0.717, 1.165) is 0 Å². The van der Waals surface area contributed by atoms with E-state index in [-0.39, 0.29) is 15.5 Å². The van der Waals surface area contributed by atoms with Crippen molar-refractivity contribution in [1.29, 1.82) is 0 Å². The SMILES string of the molecule is NS(=O)(=O)c1ccc2c(c1)CCS2(=O)=O. The van der Waals surface area contributed by atoms with Gasteiger partial charge in [0.2, 0.25) is 10.0 Å². The van der Waals surface area contributed by atoms with Gasteiger partial charge in [-0.15, -0.1) is 0 Å². The molecule has 15 heavy (non-hydrogen) atoms. The molecule has 1 aromatic carbocycles. The lowest BCUT2D eigenvalue weighted by Crippen LogP contribution is -2.12. The number of hydrogen-bond donors (Lipinski definition) is 1. The number of nitrogens with two attached hydrogens (primary N) is 1. The average Bonchev–Trinajstić information content (AvgIpc) is 2.41. The summed E-state index contributed by atoms with van der Waals surface area (Å²) in [5.74, 6) is 0.0381. The van der Waals surface area contributed by atoms with Gasteiger partial charge in [0.25, 0.3) is 0 Å². The van der Waals surface area contributed by atoms with Crippen LogP contribution in [0.3, 0.4) is 0 Å². The number of sulfone groups is 1. The quantitative estimate of drug-likeness (QED) is 0.734. The number of benzene rings is 1. The number of hydrogen-bond acceptors (Lipinski definition) is 4. The van der Waals surface area contributed by atoms with E-state index in [9.17, 15) is 16.8 Å². The molecule has 82 valence electrons. The summed E-state index contributed by atoms with van der Waals surface area (Å²) in [6.45, 7) is 0. The lowest BCUT2D eigenvalue weighted by Gasteiger charge is -2.01. The lowest BCUT2D eigenvalue weighted by atomic mass is 10.2. The van der Waals surface area contributed by atoms with Crippen LogP contribution in [-0.2, 0) is 26.3 Å². The van der Waals surface area contributed by atoms with Crippen molar-refractivity contribution in [2.24, 2.45) is 5.14 Å². The number of aryl methyl sites for hydroxylation is 1. The molecule has 5 nitrogen and oxygen atoms in total. The highest BCUT2D eigenvalue weighted by atomic mass is 32.2. The highest BCUT2D eigenvalue weighted by Crippen LogP contribution is 2.27. The van der Waals surface area contributed by atoms with Crippen LogP contribution in [0.5, 0.6) is 0 Å². The van der Waals surface area contributed by atoms with Gasteiger partial charge >= 0.3 is 0 Å². The predicted octanol–water partition coefficient (Wildman–Crippen LogP) is -0.336. The van der Waals surface area contributed by atoms with Crippen LogP contribution in [0.15, 0.2) is 28.0 Å². The fourth-order valence-corrected chi connectivity index (χ4v) is 3.69. The standard InChI is InChI=1S/C8H9NO4S2/c9-15(12,13)7-1-2-8-6(5-7)3-4-14(8,10)11/h1-2,5H,3-4H2,(H2,9,12,13). The van der Waals surface area contributed by atoms with E-state index < -0.39 is 19.9 Å². The van der Waals surface area contributed by atoms with Crippen molar-refractivity contribution in [2.75, 3.05) is 5.75 Å². The number of rotatable bonds is 1. The minimum absolute atomic E-state index is 0.0381. The van der Waals surface area contributed by atoms with Crippen molar-refractivity contribution in [3.63, 3.8) is 0 Å². The number of primary sulfonamides is 1. The molecular formula is C8H9NO4S2. The zero-order valence-corrected chi connectivity index (χ0v) is 9.31. The Balaban J connectivity index is 2.66. The highest BCUT2D eigenvalue weighted by molar-refractivity contribution is 7.91. The third kappa shape index (κ3) is 1.77. The molecule has 1 aliphatic rings. The van der Waals surface area contributed by atoms with Crippen LogP contribution in [-0.4, -0.2) is 22.6 Å². The summed E-state index contributed by atoms with van der Waals surface area (Å²) < 4.78 is 44.9. The molecule has 0 radical (unpaired) electrons. The van der Waals surface area contributed by atoms with Crippen LogP contribution >= 0.6 is 0 Å². The van der Waals surface area contributed by atoms with E-state index >= 15 is 0 Å². The second-order valence-electron chi connectivity index (χ2n) is 3.38. The van der Waals surface area contributed by atoms with Crippen LogP contribution in [0.2, 0.25) is 0 Å². The summed E-state index contributed by atoms with van der Waals surface area (Å²) in [7, 11) is -6.96. The summed E-state index contributed by atoms with van der Waals surface area (Å²) in [5, 5.41) is 4.94. The van der Waals surface area contributed by atoms with E-state index in [1.54, 1.807) is 0 Å². The maximum atomic E-state index is 11.4. The van der Waals surface area contributed by atoms with Crippen molar-refractivity contribution in [3.05, 3.63) is 23.8 Å². The minimum atomic E-state index is -3.76. The average molecular weight is 247 g/mol. The van der Waals surface area contributed by atoms with E-state index in [4.69, 9.17) is 5.14 Å². The topological polar surface area (TPSA) is 94.3 Å². The molecule has 0 aliphatic carbocycles. The molecule has 0 saturated heterocycles. The molecular weight excluding hydrogens is 238 g/mol. The zero-order chi connectivity index (χ0) is 11.3. The summed E-state index contributed by atoms with van der Waals surface area (Å²) >= 11 is 0. The van der Waals surface area contributed by atoms with Crippen molar-refractivity contribution < 1.29 is 16.8 Å². The van der Waals surface area contributed by atoms with E-state index in [1.807, 2.05) is 0 Å². The van der Waals surface area contributed by atoms with E-state index in [0.29, 0.717) is 12.0 Å². The molecule has 1 aromatic rings. The van der Waals surface area contributed by atoms with Gasteiger partial charge in [0.05, 0.1) is 15.5 Å². The predicted molar refractivity (Wildman–Crippen MR) is 53.6 cm³/mol. The van der Waals surface area contributed by atoms with Crippen molar-refractivity contribution in [1.82, 2.24) is 0 Å². The Hall–Kier alpha value is -0.920. The van der Waals surface area contributed by atoms with Gasteiger partial charge in [0, 0.05) is 0 Å². The van der Waals surface area contributed by atoms with Gasteiger partial charge < -0.3 is 0 Å². The smallest absolute Gasteiger partial charge is 0.225 e. The number of sulfonamides is 1. The van der Waals surface area contributed by atoms with Crippen molar-refractivity contribution in [3.8, 4) is 0 Å². The second kappa shape index (κ2) is 3.03. The Bertz CT molecular complexity index is 616. The third-order valence-corrected chi connectivity index (χ3v) is 5.06. The van der Waals surface area contributed by atoms with Crippen LogP contribution in [0.1, 0.15) is 5.56 Å². The van der Waals surface area contributed by atoms with Crippen molar-refractivity contribution >= 4 is 19.9 Å². The summed E-state index contributed by atoms with van der Waals surface area (Å²) in [4.78, 5) is 0.174. The van der Waals surface area contributed by atoms with Gasteiger partial charge in [0.15, 0.2) is 9.84 Å². The molecule has 2 rings (SSSR count). The first-order valence-electron chi connectivity index (χ1n) is 4.19. The fourth-order valence-electron chi connectivity index (χ4n) is 1.59. The molecule has 0 atom stereocenters. The fraction of sp³-hybridized carbons (Fsp3) is 0.250. The van der Waals surface area contributed by atoms with E-state index in [2.05, 4.69) is 0 Å². The lowest BCUT2D eigenvalue weighted by molar-refractivity contribution is 0.595. The summed E-state index contributed by atoms with van der Waals surface area (Å²) in [5.41, 5.74) is 0.529. The summed E-state index contributed by atoms with van der Waals surface area (Å²) in [6, 6.07) is 3.85. The zero-order valence-electron chi connectivity index (χ0n) is 7.67. The Labute approximate surface area is 87.9 Å². The molecule has 0 amide bonds. The molecule has 2 N–H and O–H groups in total. The molecule has 1 heterocycles. The maximum Gasteiger partial charge on any atom is 0.238 e. The van der Waals surface area contributed by atoms with Crippen LogP contribution in [0, 0.1) is 0 Å². The first-order valence-corrected chi connectivity index (χ1v) is 7.39. The molecule has 0 aromatic heterocycles. The Morgan fingerprint density at radius 1 is 1.27 bits per heavy atom. The van der Waals surface area contributed by atoms with Gasteiger partial charge in [-0.1, -0.05) is 0 Å². The molecule has 0 unspecified atom stereocenters. The van der Waals surface area contributed by atoms with E-state index in [1.165, 1.54) is 18.2 Å². The normalized spacial score (nSPS) is 18.7. The largest absolute Gasteiger partial charge is 0.238 e. The van der Waals surface area contributed by atoms with Gasteiger partial charge in [-0.05, 0) is 30.2 Å². The Kier molecular flexibility index (Phi) is 2.14. The van der Waals surface area contributed by atoms with Gasteiger partial charge in [-0.2, -0.15) is 0 Å². The first kappa shape index (κ1) is 10.6. The van der Waals surface area contributed by atoms with Gasteiger partial charge in [-0.3, -0.25) is 0 Å². The second-order valence-corrected chi connectivity index (χ2v) is 7.02. The van der Waals surface area contributed by atoms with Crippen LogP contribution in [0.4, 0.5) is 0 Å². The van der Waals surface area contributed by atoms with Crippen LogP contribution in [0.25, 0.3) is 0 Å². The maximum absolute atomic E-state index is 11.4. The monoisotopic (exact) mass is 247 g/mol. The molecule has 0 saturated carbocycles. The molecule has 0 bridgehead atoms. The van der Waals surface area contributed by atoms with Crippen molar-refractivity contribution in [2.45, 2.75) is 16.2 Å². The Morgan fingerprint density at radius 2 is 1.93 bits per heavy atom. The molecule has 0 spiro atoms. The molecule has 0 fully saturated rings. The first-order chi connectivity index (χ1) is 6.81. The minimum Gasteiger partial charge on any atom is -0.225 e. The summed E-state index contributed by atoms with van der Waals surface area (Å²) in [6.07, 6.45) is 0.348. The molecule has 1 aliphatic heterocycles. The van der Waals surface area contributed by atoms with Gasteiger partial charge in [0.1, 0.15) is 0 Å². The number of fused-ring (bicyclic) bond motifs is 1. The Morgan fingerprint density at radius 3 is 2.53 bits per heavy atom. The van der Waals surface area contributed by atoms with Crippen LogP contribution < -0.4 is 5.14 Å². The molecule has 7 heteroatoms. The van der Waals surface area contributed by atoms with Gasteiger partial charge in [-0.25, -0.2) is 22.0 Å².